The van der Waals surface area contributed by atoms with E-state index < -0.39 is 6.10 Å². The highest BCUT2D eigenvalue weighted by Gasteiger charge is 2.13. The van der Waals surface area contributed by atoms with Gasteiger partial charge in [-0.25, -0.2) is 4.68 Å². The van der Waals surface area contributed by atoms with Gasteiger partial charge >= 0.3 is 0 Å². The Hall–Kier alpha value is -1.72. The molecule has 0 spiro atoms. The molecule has 0 saturated carbocycles. The molecule has 0 aliphatic heterocycles. The van der Waals surface area contributed by atoms with Gasteiger partial charge in [0.1, 0.15) is 5.69 Å². The number of hydrogen-bond acceptors (Lipinski definition) is 4. The van der Waals surface area contributed by atoms with Crippen LogP contribution in [0.3, 0.4) is 0 Å². The Kier molecular flexibility index (Phi) is 3.97. The maximum Gasteiger partial charge on any atom is 0.108 e. The molecular weight excluding hydrogens is 242 g/mol. The maximum atomic E-state index is 10.3. The van der Waals surface area contributed by atoms with Crippen LogP contribution >= 0.6 is 0 Å². The summed E-state index contributed by atoms with van der Waals surface area (Å²) in [4.78, 5) is 0. The van der Waals surface area contributed by atoms with Crippen molar-refractivity contribution in [2.24, 2.45) is 0 Å². The van der Waals surface area contributed by atoms with E-state index in [1.54, 1.807) is 10.9 Å². The molecule has 5 heteroatoms. The lowest BCUT2D eigenvalue weighted by molar-refractivity contribution is 0.150. The molecule has 0 radical (unpaired) electrons. The minimum Gasteiger partial charge on any atom is -0.390 e. The zero-order chi connectivity index (χ0) is 14.0. The molecule has 0 aliphatic rings. The van der Waals surface area contributed by atoms with Crippen LogP contribution in [-0.4, -0.2) is 25.2 Å². The number of hydrogen-bond donors (Lipinski definition) is 2. The molecule has 2 N–H and O–H groups in total. The summed E-state index contributed by atoms with van der Waals surface area (Å²) in [5.74, 6) is 0. The molecule has 1 heterocycles. The van der Waals surface area contributed by atoms with Crippen molar-refractivity contribution >= 4 is 0 Å². The van der Waals surface area contributed by atoms with E-state index in [-0.39, 0.29) is 6.61 Å². The lowest BCUT2D eigenvalue weighted by Crippen LogP contribution is -2.11. The normalized spacial score (nSPS) is 12.7. The highest BCUT2D eigenvalue weighted by Crippen LogP contribution is 2.22. The lowest BCUT2D eigenvalue weighted by atomic mass is 9.97. The number of rotatable bonds is 4. The van der Waals surface area contributed by atoms with Crippen molar-refractivity contribution in [1.29, 1.82) is 0 Å². The van der Waals surface area contributed by atoms with Crippen LogP contribution in [0.25, 0.3) is 0 Å². The van der Waals surface area contributed by atoms with Crippen LogP contribution in [0, 0.1) is 20.8 Å². The Balaban J connectivity index is 2.19. The summed E-state index contributed by atoms with van der Waals surface area (Å²) in [6.07, 6.45) is 1.01. The van der Waals surface area contributed by atoms with Crippen molar-refractivity contribution in [2.75, 3.05) is 0 Å². The molecule has 0 fully saturated rings. The fourth-order valence-corrected chi connectivity index (χ4v) is 2.12. The van der Waals surface area contributed by atoms with Crippen LogP contribution in [0.15, 0.2) is 18.3 Å². The van der Waals surface area contributed by atoms with Gasteiger partial charge in [-0.05, 0) is 43.0 Å². The summed E-state index contributed by atoms with van der Waals surface area (Å²) in [5.41, 5.74) is 4.86. The molecular formula is C14H19N3O2. The minimum atomic E-state index is -0.632. The Morgan fingerprint density at radius 2 is 1.84 bits per heavy atom. The summed E-state index contributed by atoms with van der Waals surface area (Å²) < 4.78 is 1.55. The number of aliphatic hydroxyl groups excluding tert-OH is 2. The maximum absolute atomic E-state index is 10.3. The van der Waals surface area contributed by atoms with E-state index in [1.165, 1.54) is 5.56 Å². The molecule has 0 saturated heterocycles. The van der Waals surface area contributed by atoms with E-state index in [0.717, 1.165) is 16.7 Å². The number of nitrogens with zero attached hydrogens (tertiary/aromatic N) is 3. The molecule has 1 atom stereocenters. The SMILES string of the molecule is Cc1cc(C)c([C@@H](O)Cn2cc(CO)nn2)cc1C. The first-order valence-corrected chi connectivity index (χ1v) is 6.27. The molecule has 5 nitrogen and oxygen atoms in total. The van der Waals surface area contributed by atoms with Gasteiger partial charge in [-0.15, -0.1) is 5.10 Å². The molecule has 2 rings (SSSR count). The van der Waals surface area contributed by atoms with Gasteiger partial charge in [0.05, 0.1) is 25.5 Å². The van der Waals surface area contributed by atoms with Crippen molar-refractivity contribution in [3.05, 3.63) is 46.3 Å². The van der Waals surface area contributed by atoms with Crippen LogP contribution in [0.1, 0.15) is 34.1 Å². The van der Waals surface area contributed by atoms with Gasteiger partial charge in [0.25, 0.3) is 0 Å². The van der Waals surface area contributed by atoms with Crippen molar-refractivity contribution in [3.63, 3.8) is 0 Å². The molecule has 1 aromatic carbocycles. The first-order chi connectivity index (χ1) is 9.01. The van der Waals surface area contributed by atoms with Crippen molar-refractivity contribution < 1.29 is 10.2 Å². The van der Waals surface area contributed by atoms with Crippen LogP contribution in [-0.2, 0) is 13.2 Å². The van der Waals surface area contributed by atoms with Crippen molar-refractivity contribution in [1.82, 2.24) is 15.0 Å². The molecule has 2 aromatic rings. The smallest absolute Gasteiger partial charge is 0.108 e. The molecule has 0 amide bonds. The Morgan fingerprint density at radius 3 is 2.47 bits per heavy atom. The summed E-state index contributed by atoms with van der Waals surface area (Å²) >= 11 is 0. The lowest BCUT2D eigenvalue weighted by Gasteiger charge is -2.15. The molecule has 102 valence electrons. The fourth-order valence-electron chi connectivity index (χ4n) is 2.12. The summed E-state index contributed by atoms with van der Waals surface area (Å²) in [6.45, 7) is 6.27. The second kappa shape index (κ2) is 5.50. The molecule has 0 aliphatic carbocycles. The molecule has 1 aromatic heterocycles. The Morgan fingerprint density at radius 1 is 1.16 bits per heavy atom. The second-order valence-electron chi connectivity index (χ2n) is 4.90. The van der Waals surface area contributed by atoms with Gasteiger partial charge in [0.2, 0.25) is 0 Å². The third-order valence-electron chi connectivity index (χ3n) is 3.35. The molecule has 19 heavy (non-hydrogen) atoms. The van der Waals surface area contributed by atoms with Crippen LogP contribution < -0.4 is 0 Å². The largest absolute Gasteiger partial charge is 0.390 e. The number of aryl methyl sites for hydroxylation is 3. The average Bonchev–Trinajstić information content (AvgIpc) is 2.81. The predicted molar refractivity (Wildman–Crippen MR) is 71.6 cm³/mol. The Labute approximate surface area is 112 Å². The minimum absolute atomic E-state index is 0.140. The zero-order valence-electron chi connectivity index (χ0n) is 11.5. The molecule has 0 unspecified atom stereocenters. The molecule has 0 bridgehead atoms. The van der Waals surface area contributed by atoms with Gasteiger partial charge in [0.15, 0.2) is 0 Å². The van der Waals surface area contributed by atoms with Crippen LogP contribution in [0.5, 0.6) is 0 Å². The van der Waals surface area contributed by atoms with Gasteiger partial charge in [-0.3, -0.25) is 0 Å². The number of aromatic nitrogens is 3. The fraction of sp³-hybridized carbons (Fsp3) is 0.429. The quantitative estimate of drug-likeness (QED) is 0.873. The van der Waals surface area contributed by atoms with E-state index in [4.69, 9.17) is 5.11 Å². The first-order valence-electron chi connectivity index (χ1n) is 6.27. The first kappa shape index (κ1) is 13.7. The average molecular weight is 261 g/mol. The highest BCUT2D eigenvalue weighted by molar-refractivity contribution is 5.37. The predicted octanol–water partition coefficient (Wildman–Crippen LogP) is 1.43. The number of benzene rings is 1. The summed E-state index contributed by atoms with van der Waals surface area (Å²) in [7, 11) is 0. The van der Waals surface area contributed by atoms with Gasteiger partial charge in [0, 0.05) is 0 Å². The highest BCUT2D eigenvalue weighted by atomic mass is 16.3. The van der Waals surface area contributed by atoms with Gasteiger partial charge in [-0.2, -0.15) is 0 Å². The third kappa shape index (κ3) is 3.00. The van der Waals surface area contributed by atoms with Gasteiger partial charge < -0.3 is 10.2 Å². The van der Waals surface area contributed by atoms with E-state index in [0.29, 0.717) is 12.2 Å². The second-order valence-corrected chi connectivity index (χ2v) is 4.90. The van der Waals surface area contributed by atoms with E-state index in [2.05, 4.69) is 23.3 Å². The van der Waals surface area contributed by atoms with E-state index in [9.17, 15) is 5.11 Å². The van der Waals surface area contributed by atoms with Crippen molar-refractivity contribution in [2.45, 2.75) is 40.0 Å². The Bertz CT molecular complexity index is 578. The van der Waals surface area contributed by atoms with E-state index in [1.807, 2.05) is 19.9 Å². The number of aliphatic hydroxyl groups is 2. The topological polar surface area (TPSA) is 71.2 Å². The van der Waals surface area contributed by atoms with Crippen molar-refractivity contribution in [3.8, 4) is 0 Å². The monoisotopic (exact) mass is 261 g/mol. The van der Waals surface area contributed by atoms with Gasteiger partial charge in [-0.1, -0.05) is 17.3 Å². The standard InChI is InChI=1S/C14H19N3O2/c1-9-4-11(3)13(5-10(9)2)14(19)7-17-6-12(8-18)15-16-17/h4-6,14,18-19H,7-8H2,1-3H3/t14-/m0/s1. The van der Waals surface area contributed by atoms with Crippen LogP contribution in [0.4, 0.5) is 0 Å². The van der Waals surface area contributed by atoms with Crippen LogP contribution in [0.2, 0.25) is 0 Å². The summed E-state index contributed by atoms with van der Waals surface area (Å²) in [6, 6.07) is 4.09. The van der Waals surface area contributed by atoms with E-state index >= 15 is 0 Å². The zero-order valence-corrected chi connectivity index (χ0v) is 11.5. The third-order valence-corrected chi connectivity index (χ3v) is 3.35. The summed E-state index contributed by atoms with van der Waals surface area (Å²) in [5, 5.41) is 26.9.